The van der Waals surface area contributed by atoms with E-state index in [0.717, 1.165) is 0 Å². The summed E-state index contributed by atoms with van der Waals surface area (Å²) in [5.74, 6) is -0.572. The van der Waals surface area contributed by atoms with Crippen LogP contribution in [0.2, 0.25) is 10.0 Å². The molecule has 0 bridgehead atoms. The number of ether oxygens (including phenoxy) is 2. The number of amides is 1. The predicted octanol–water partition coefficient (Wildman–Crippen LogP) is 4.19. The van der Waals surface area contributed by atoms with Gasteiger partial charge >= 0.3 is 5.97 Å². The van der Waals surface area contributed by atoms with Crippen molar-refractivity contribution in [3.8, 4) is 5.75 Å². The zero-order valence-corrected chi connectivity index (χ0v) is 14.5. The molecule has 0 radical (unpaired) electrons. The van der Waals surface area contributed by atoms with Crippen LogP contribution in [0.4, 0.5) is 5.69 Å². The first-order valence-electron chi connectivity index (χ1n) is 7.01. The summed E-state index contributed by atoms with van der Waals surface area (Å²) in [6.45, 7) is 1.47. The SMILES string of the molecule is COc1cccc(NC(=O)[C@@H](C)OC(=O)c2ccc(Cl)cc2Cl)c1. The minimum Gasteiger partial charge on any atom is -0.497 e. The molecule has 0 saturated heterocycles. The Kier molecular flexibility index (Phi) is 6.06. The van der Waals surface area contributed by atoms with E-state index in [2.05, 4.69) is 5.32 Å². The molecule has 1 N–H and O–H groups in total. The van der Waals surface area contributed by atoms with Crippen molar-refractivity contribution in [3.05, 3.63) is 58.1 Å². The van der Waals surface area contributed by atoms with Gasteiger partial charge in [0.1, 0.15) is 5.75 Å². The lowest BCUT2D eigenvalue weighted by Gasteiger charge is -2.14. The standard InChI is InChI=1S/C17H15Cl2NO4/c1-10(16(21)20-12-4-3-5-13(9-12)23-2)24-17(22)14-7-6-11(18)8-15(14)19/h3-10H,1-2H3,(H,20,21)/t10-/m1/s1. The van der Waals surface area contributed by atoms with Crippen LogP contribution >= 0.6 is 23.2 Å². The van der Waals surface area contributed by atoms with E-state index in [1.165, 1.54) is 32.2 Å². The summed E-state index contributed by atoms with van der Waals surface area (Å²) in [7, 11) is 1.53. The molecule has 2 aromatic rings. The average molecular weight is 368 g/mol. The summed E-state index contributed by atoms with van der Waals surface area (Å²) >= 11 is 11.7. The van der Waals surface area contributed by atoms with Gasteiger partial charge in [-0.2, -0.15) is 0 Å². The first kappa shape index (κ1) is 18.1. The zero-order valence-electron chi connectivity index (χ0n) is 13.0. The first-order valence-corrected chi connectivity index (χ1v) is 7.77. The van der Waals surface area contributed by atoms with E-state index >= 15 is 0 Å². The maximum Gasteiger partial charge on any atom is 0.340 e. The number of esters is 1. The maximum atomic E-state index is 12.1. The Labute approximate surface area is 149 Å². The lowest BCUT2D eigenvalue weighted by molar-refractivity contribution is -0.123. The second-order valence-corrected chi connectivity index (χ2v) is 5.74. The fourth-order valence-corrected chi connectivity index (χ4v) is 2.36. The van der Waals surface area contributed by atoms with Gasteiger partial charge in [-0.15, -0.1) is 0 Å². The number of nitrogens with one attached hydrogen (secondary N) is 1. The molecule has 0 heterocycles. The van der Waals surface area contributed by atoms with Crippen molar-refractivity contribution in [2.75, 3.05) is 12.4 Å². The third-order valence-electron chi connectivity index (χ3n) is 3.14. The number of methoxy groups -OCH3 is 1. The second kappa shape index (κ2) is 8.04. The molecule has 0 saturated carbocycles. The molecular formula is C17H15Cl2NO4. The van der Waals surface area contributed by atoms with Crippen molar-refractivity contribution in [3.63, 3.8) is 0 Å². The average Bonchev–Trinajstić information content (AvgIpc) is 2.54. The predicted molar refractivity (Wildman–Crippen MR) is 93.0 cm³/mol. The number of hydrogen-bond acceptors (Lipinski definition) is 4. The van der Waals surface area contributed by atoms with Crippen LogP contribution in [0.25, 0.3) is 0 Å². The zero-order chi connectivity index (χ0) is 17.7. The molecule has 0 aliphatic heterocycles. The Morgan fingerprint density at radius 2 is 1.88 bits per heavy atom. The molecule has 126 valence electrons. The van der Waals surface area contributed by atoms with Gasteiger partial charge in [0.15, 0.2) is 6.10 Å². The highest BCUT2D eigenvalue weighted by Gasteiger charge is 2.21. The van der Waals surface area contributed by atoms with Crippen LogP contribution in [-0.4, -0.2) is 25.1 Å². The van der Waals surface area contributed by atoms with Crippen molar-refractivity contribution in [2.24, 2.45) is 0 Å². The smallest absolute Gasteiger partial charge is 0.340 e. The number of halogens is 2. The van der Waals surface area contributed by atoms with Crippen LogP contribution in [0.3, 0.4) is 0 Å². The quantitative estimate of drug-likeness (QED) is 0.804. The summed E-state index contributed by atoms with van der Waals surface area (Å²) in [5.41, 5.74) is 0.675. The monoisotopic (exact) mass is 367 g/mol. The van der Waals surface area contributed by atoms with Crippen LogP contribution in [0.1, 0.15) is 17.3 Å². The van der Waals surface area contributed by atoms with E-state index in [4.69, 9.17) is 32.7 Å². The van der Waals surface area contributed by atoms with Gasteiger partial charge in [0, 0.05) is 16.8 Å². The summed E-state index contributed by atoms with van der Waals surface area (Å²) in [4.78, 5) is 24.2. The number of anilines is 1. The Morgan fingerprint density at radius 3 is 2.54 bits per heavy atom. The summed E-state index contributed by atoms with van der Waals surface area (Å²) in [6, 6.07) is 11.2. The van der Waals surface area contributed by atoms with Gasteiger partial charge in [-0.1, -0.05) is 29.3 Å². The van der Waals surface area contributed by atoms with Gasteiger partial charge in [0.25, 0.3) is 5.91 Å². The third kappa shape index (κ3) is 4.63. The van der Waals surface area contributed by atoms with Gasteiger partial charge in [-0.25, -0.2) is 4.79 Å². The minimum atomic E-state index is -1.00. The molecular weight excluding hydrogens is 353 g/mol. The van der Waals surface area contributed by atoms with Crippen LogP contribution in [0.15, 0.2) is 42.5 Å². The molecule has 0 aliphatic carbocycles. The number of carbonyl (C=O) groups excluding carboxylic acids is 2. The van der Waals surface area contributed by atoms with Gasteiger partial charge in [0.2, 0.25) is 0 Å². The molecule has 0 aliphatic rings. The van der Waals surface area contributed by atoms with Crippen molar-refractivity contribution in [1.29, 1.82) is 0 Å². The largest absolute Gasteiger partial charge is 0.497 e. The maximum absolute atomic E-state index is 12.1. The van der Waals surface area contributed by atoms with E-state index < -0.39 is 18.0 Å². The molecule has 7 heteroatoms. The van der Waals surface area contributed by atoms with Gasteiger partial charge in [0.05, 0.1) is 17.7 Å². The van der Waals surface area contributed by atoms with Crippen LogP contribution < -0.4 is 10.1 Å². The number of hydrogen-bond donors (Lipinski definition) is 1. The molecule has 2 aromatic carbocycles. The topological polar surface area (TPSA) is 64.6 Å². The molecule has 0 aromatic heterocycles. The molecule has 24 heavy (non-hydrogen) atoms. The Bertz CT molecular complexity index is 764. The van der Waals surface area contributed by atoms with E-state index in [1.807, 2.05) is 0 Å². The molecule has 1 atom stereocenters. The van der Waals surface area contributed by atoms with E-state index in [0.29, 0.717) is 16.5 Å². The number of carbonyl (C=O) groups is 2. The van der Waals surface area contributed by atoms with Gasteiger partial charge in [-0.05, 0) is 37.3 Å². The van der Waals surface area contributed by atoms with Crippen molar-refractivity contribution in [1.82, 2.24) is 0 Å². The number of benzene rings is 2. The molecule has 5 nitrogen and oxygen atoms in total. The molecule has 0 fully saturated rings. The fraction of sp³-hybridized carbons (Fsp3) is 0.176. The second-order valence-electron chi connectivity index (χ2n) is 4.89. The van der Waals surface area contributed by atoms with Gasteiger partial charge in [-0.3, -0.25) is 4.79 Å². The molecule has 2 rings (SSSR count). The fourth-order valence-electron chi connectivity index (χ4n) is 1.88. The highest BCUT2D eigenvalue weighted by Crippen LogP contribution is 2.22. The van der Waals surface area contributed by atoms with E-state index in [-0.39, 0.29) is 10.6 Å². The molecule has 0 unspecified atom stereocenters. The Balaban J connectivity index is 2.01. The first-order chi connectivity index (χ1) is 11.4. The van der Waals surface area contributed by atoms with Crippen LogP contribution in [0.5, 0.6) is 5.75 Å². The van der Waals surface area contributed by atoms with E-state index in [1.54, 1.807) is 24.3 Å². The van der Waals surface area contributed by atoms with E-state index in [9.17, 15) is 9.59 Å². The van der Waals surface area contributed by atoms with Crippen LogP contribution in [0, 0.1) is 0 Å². The highest BCUT2D eigenvalue weighted by atomic mass is 35.5. The third-order valence-corrected chi connectivity index (χ3v) is 3.69. The van der Waals surface area contributed by atoms with Crippen molar-refractivity contribution < 1.29 is 19.1 Å². The summed E-state index contributed by atoms with van der Waals surface area (Å²) in [6.07, 6.45) is -1.00. The number of rotatable bonds is 5. The molecule has 1 amide bonds. The van der Waals surface area contributed by atoms with Crippen molar-refractivity contribution in [2.45, 2.75) is 13.0 Å². The Hall–Kier alpha value is -2.24. The molecule has 0 spiro atoms. The lowest BCUT2D eigenvalue weighted by Crippen LogP contribution is -2.30. The minimum absolute atomic E-state index is 0.141. The van der Waals surface area contributed by atoms with Crippen LogP contribution in [-0.2, 0) is 9.53 Å². The Morgan fingerprint density at radius 1 is 1.12 bits per heavy atom. The highest BCUT2D eigenvalue weighted by molar-refractivity contribution is 6.36. The summed E-state index contributed by atoms with van der Waals surface area (Å²) < 4.78 is 10.2. The normalized spacial score (nSPS) is 11.5. The van der Waals surface area contributed by atoms with Gasteiger partial charge < -0.3 is 14.8 Å². The summed E-state index contributed by atoms with van der Waals surface area (Å²) in [5, 5.41) is 3.21. The van der Waals surface area contributed by atoms with Crippen molar-refractivity contribution >= 4 is 40.8 Å². The lowest BCUT2D eigenvalue weighted by atomic mass is 10.2.